The van der Waals surface area contributed by atoms with Gasteiger partial charge < -0.3 is 14.5 Å². The maximum absolute atomic E-state index is 12.5. The second-order valence-corrected chi connectivity index (χ2v) is 7.68. The number of carbonyl (C=O) groups excluding carboxylic acids is 1. The van der Waals surface area contributed by atoms with Crippen LogP contribution in [-0.4, -0.2) is 65.6 Å². The highest BCUT2D eigenvalue weighted by Crippen LogP contribution is 2.21. The maximum atomic E-state index is 12.5. The summed E-state index contributed by atoms with van der Waals surface area (Å²) in [6, 6.07) is 9.82. The number of likely N-dealkylation sites (N-methyl/N-ethyl adjacent to an activating group) is 1. The molecule has 0 saturated carbocycles. The lowest BCUT2D eigenvalue weighted by Gasteiger charge is -2.34. The van der Waals surface area contributed by atoms with Gasteiger partial charge in [0.25, 0.3) is 0 Å². The van der Waals surface area contributed by atoms with Crippen LogP contribution in [0.2, 0.25) is 0 Å². The number of carbonyl (C=O) groups is 1. The number of hydrogen-bond acceptors (Lipinski definition) is 5. The summed E-state index contributed by atoms with van der Waals surface area (Å²) in [7, 11) is 3.53. The minimum atomic E-state index is -0.394. The molecule has 0 N–H and O–H groups in total. The van der Waals surface area contributed by atoms with E-state index in [0.717, 1.165) is 44.6 Å². The SMILES string of the molecule is COc1ccccc1CCN1CCCC(CN(C)C(=O)Cn2cccnc2=O)C1. The Labute approximate surface area is 171 Å². The number of methoxy groups -OCH3 is 1. The van der Waals surface area contributed by atoms with E-state index in [2.05, 4.69) is 16.0 Å². The molecule has 156 valence electrons. The first-order valence-electron chi connectivity index (χ1n) is 10.2. The van der Waals surface area contributed by atoms with Crippen LogP contribution in [0, 0.1) is 5.92 Å². The lowest BCUT2D eigenvalue weighted by Crippen LogP contribution is -2.43. The van der Waals surface area contributed by atoms with Crippen molar-refractivity contribution in [3.8, 4) is 5.75 Å². The van der Waals surface area contributed by atoms with Crippen LogP contribution < -0.4 is 10.4 Å². The quantitative estimate of drug-likeness (QED) is 0.677. The topological polar surface area (TPSA) is 67.7 Å². The molecule has 7 nitrogen and oxygen atoms in total. The molecule has 1 atom stereocenters. The summed E-state index contributed by atoms with van der Waals surface area (Å²) < 4.78 is 6.80. The lowest BCUT2D eigenvalue weighted by atomic mass is 9.97. The zero-order chi connectivity index (χ0) is 20.6. The Morgan fingerprint density at radius 3 is 2.93 bits per heavy atom. The number of nitrogens with zero attached hydrogens (tertiary/aromatic N) is 4. The van der Waals surface area contributed by atoms with Crippen molar-refractivity contribution < 1.29 is 9.53 Å². The van der Waals surface area contributed by atoms with E-state index in [9.17, 15) is 9.59 Å². The fourth-order valence-corrected chi connectivity index (χ4v) is 3.95. The summed E-state index contributed by atoms with van der Waals surface area (Å²) in [5, 5.41) is 0. The zero-order valence-electron chi connectivity index (χ0n) is 17.3. The van der Waals surface area contributed by atoms with Gasteiger partial charge in [-0.2, -0.15) is 0 Å². The molecule has 1 saturated heterocycles. The maximum Gasteiger partial charge on any atom is 0.347 e. The van der Waals surface area contributed by atoms with Crippen molar-refractivity contribution in [1.29, 1.82) is 0 Å². The van der Waals surface area contributed by atoms with E-state index in [1.807, 2.05) is 25.2 Å². The van der Waals surface area contributed by atoms with Crippen LogP contribution in [0.3, 0.4) is 0 Å². The van der Waals surface area contributed by atoms with Crippen molar-refractivity contribution >= 4 is 5.91 Å². The molecule has 1 fully saturated rings. The Morgan fingerprint density at radius 1 is 1.31 bits per heavy atom. The number of likely N-dealkylation sites (tertiary alicyclic amines) is 1. The Hall–Kier alpha value is -2.67. The molecule has 0 bridgehead atoms. The fourth-order valence-electron chi connectivity index (χ4n) is 3.95. The van der Waals surface area contributed by atoms with Crippen molar-refractivity contribution in [2.45, 2.75) is 25.8 Å². The summed E-state index contributed by atoms with van der Waals surface area (Å²) >= 11 is 0. The highest BCUT2D eigenvalue weighted by atomic mass is 16.5. The van der Waals surface area contributed by atoms with Crippen LogP contribution in [0.1, 0.15) is 18.4 Å². The largest absolute Gasteiger partial charge is 0.496 e. The third-order valence-electron chi connectivity index (χ3n) is 5.54. The molecule has 0 radical (unpaired) electrons. The minimum Gasteiger partial charge on any atom is -0.496 e. The first-order chi connectivity index (χ1) is 14.1. The molecule has 2 aromatic rings. The normalized spacial score (nSPS) is 17.1. The van der Waals surface area contributed by atoms with Crippen LogP contribution in [0.25, 0.3) is 0 Å². The number of rotatable bonds is 8. The predicted octanol–water partition coefficient (Wildman–Crippen LogP) is 1.67. The summed E-state index contributed by atoms with van der Waals surface area (Å²) in [5.74, 6) is 1.32. The highest BCUT2D eigenvalue weighted by molar-refractivity contribution is 5.75. The van der Waals surface area contributed by atoms with E-state index in [-0.39, 0.29) is 12.5 Å². The van der Waals surface area contributed by atoms with E-state index in [4.69, 9.17) is 4.74 Å². The van der Waals surface area contributed by atoms with Gasteiger partial charge in [0.05, 0.1) is 7.11 Å². The number of ether oxygens (including phenoxy) is 1. The van der Waals surface area contributed by atoms with E-state index in [1.165, 1.54) is 16.3 Å². The standard InChI is InChI=1S/C22H30N4O3/c1-24(21(27)17-26-13-6-11-23-22(26)28)15-18-7-5-12-25(16-18)14-10-19-8-3-4-9-20(19)29-2/h3-4,6,8-9,11,13,18H,5,7,10,12,14-17H2,1-2H3. The lowest BCUT2D eigenvalue weighted by molar-refractivity contribution is -0.131. The number of para-hydroxylation sites is 1. The first-order valence-corrected chi connectivity index (χ1v) is 10.2. The average molecular weight is 399 g/mol. The van der Waals surface area contributed by atoms with Crippen LogP contribution >= 0.6 is 0 Å². The molecule has 29 heavy (non-hydrogen) atoms. The van der Waals surface area contributed by atoms with Crippen molar-refractivity contribution in [3.63, 3.8) is 0 Å². The van der Waals surface area contributed by atoms with Gasteiger partial charge in [0.1, 0.15) is 12.3 Å². The molecule has 1 aliphatic rings. The van der Waals surface area contributed by atoms with Crippen LogP contribution in [0.5, 0.6) is 5.75 Å². The van der Waals surface area contributed by atoms with Gasteiger partial charge >= 0.3 is 5.69 Å². The van der Waals surface area contributed by atoms with Crippen LogP contribution in [-0.2, 0) is 17.8 Å². The number of hydrogen-bond donors (Lipinski definition) is 0. The summed E-state index contributed by atoms with van der Waals surface area (Å²) in [5.41, 5.74) is 0.834. The molecule has 1 aliphatic heterocycles. The van der Waals surface area contributed by atoms with Crippen molar-refractivity contribution in [2.24, 2.45) is 5.92 Å². The molecule has 2 heterocycles. The fraction of sp³-hybridized carbons (Fsp3) is 0.500. The smallest absolute Gasteiger partial charge is 0.347 e. The molecule has 3 rings (SSSR count). The first kappa shape index (κ1) is 21.0. The Morgan fingerprint density at radius 2 is 2.14 bits per heavy atom. The van der Waals surface area contributed by atoms with E-state index in [0.29, 0.717) is 12.5 Å². The number of benzene rings is 1. The van der Waals surface area contributed by atoms with Gasteiger partial charge in [0.15, 0.2) is 0 Å². The zero-order valence-corrected chi connectivity index (χ0v) is 17.3. The van der Waals surface area contributed by atoms with Gasteiger partial charge in [0, 0.05) is 39.1 Å². The van der Waals surface area contributed by atoms with Gasteiger partial charge in [-0.3, -0.25) is 9.36 Å². The molecular formula is C22H30N4O3. The molecule has 7 heteroatoms. The molecule has 0 spiro atoms. The molecular weight excluding hydrogens is 368 g/mol. The van der Waals surface area contributed by atoms with E-state index in [1.54, 1.807) is 24.3 Å². The molecule has 1 unspecified atom stereocenters. The second kappa shape index (κ2) is 10.2. The molecule has 1 aromatic heterocycles. The molecule has 0 aliphatic carbocycles. The third-order valence-corrected chi connectivity index (χ3v) is 5.54. The molecule has 1 aromatic carbocycles. The summed E-state index contributed by atoms with van der Waals surface area (Å²) in [4.78, 5) is 32.1. The van der Waals surface area contributed by atoms with Crippen molar-refractivity contribution in [2.75, 3.05) is 40.3 Å². The minimum absolute atomic E-state index is 0.0351. The monoisotopic (exact) mass is 398 g/mol. The van der Waals surface area contributed by atoms with Gasteiger partial charge in [-0.1, -0.05) is 18.2 Å². The van der Waals surface area contributed by atoms with Gasteiger partial charge in [-0.15, -0.1) is 0 Å². The number of amides is 1. The summed E-state index contributed by atoms with van der Waals surface area (Å²) in [6.45, 7) is 3.81. The highest BCUT2D eigenvalue weighted by Gasteiger charge is 2.23. The van der Waals surface area contributed by atoms with Crippen molar-refractivity contribution in [1.82, 2.24) is 19.4 Å². The van der Waals surface area contributed by atoms with Crippen LogP contribution in [0.15, 0.2) is 47.5 Å². The van der Waals surface area contributed by atoms with Gasteiger partial charge in [-0.25, -0.2) is 9.78 Å². The van der Waals surface area contributed by atoms with E-state index >= 15 is 0 Å². The molecule has 1 amide bonds. The summed E-state index contributed by atoms with van der Waals surface area (Å²) in [6.07, 6.45) is 6.25. The number of piperidine rings is 1. The van der Waals surface area contributed by atoms with Gasteiger partial charge in [-0.05, 0) is 49.4 Å². The Balaban J connectivity index is 1.49. The predicted molar refractivity (Wildman–Crippen MR) is 112 cm³/mol. The second-order valence-electron chi connectivity index (χ2n) is 7.68. The van der Waals surface area contributed by atoms with Gasteiger partial charge in [0.2, 0.25) is 5.91 Å². The van der Waals surface area contributed by atoms with Crippen LogP contribution in [0.4, 0.5) is 0 Å². The Bertz CT molecular complexity index is 867. The number of aromatic nitrogens is 2. The average Bonchev–Trinajstić information content (AvgIpc) is 2.74. The van der Waals surface area contributed by atoms with Crippen molar-refractivity contribution in [3.05, 3.63) is 58.8 Å². The van der Waals surface area contributed by atoms with E-state index < -0.39 is 5.69 Å². The third kappa shape index (κ3) is 5.90. The Kier molecular flexibility index (Phi) is 7.41.